The van der Waals surface area contributed by atoms with Gasteiger partial charge in [0.05, 0.1) is 11.2 Å². The number of nitrogens with two attached hydrogens (primary N) is 1. The summed E-state index contributed by atoms with van der Waals surface area (Å²) in [5.74, 6) is -0.112. The highest BCUT2D eigenvalue weighted by Crippen LogP contribution is 2.39. The fourth-order valence-corrected chi connectivity index (χ4v) is 1.44. The van der Waals surface area contributed by atoms with E-state index < -0.39 is 0 Å². The number of rotatable bonds is 1. The standard InChI is InChI=1S/C11H24BNO2/c1-9(2,3)8(13)12-14-10(4,5)11(6,7)15-12/h8H,13H2,1-7H3/t8-/m0/s1. The minimum atomic E-state index is -0.310. The van der Waals surface area contributed by atoms with E-state index in [1.54, 1.807) is 0 Å². The quantitative estimate of drug-likeness (QED) is 0.677. The maximum Gasteiger partial charge on any atom is 0.476 e. The average molecular weight is 213 g/mol. The molecule has 0 amide bonds. The molecule has 4 heteroatoms. The van der Waals surface area contributed by atoms with Gasteiger partial charge in [-0.25, -0.2) is 0 Å². The van der Waals surface area contributed by atoms with Crippen molar-refractivity contribution >= 4 is 7.12 Å². The predicted molar refractivity (Wildman–Crippen MR) is 63.5 cm³/mol. The summed E-state index contributed by atoms with van der Waals surface area (Å²) in [7, 11) is -0.310. The summed E-state index contributed by atoms with van der Waals surface area (Å²) in [5.41, 5.74) is 5.55. The lowest BCUT2D eigenvalue weighted by Gasteiger charge is -2.32. The zero-order valence-corrected chi connectivity index (χ0v) is 11.0. The van der Waals surface area contributed by atoms with Crippen molar-refractivity contribution in [1.82, 2.24) is 0 Å². The molecule has 0 saturated carbocycles. The van der Waals surface area contributed by atoms with Crippen LogP contribution in [-0.2, 0) is 9.31 Å². The fraction of sp³-hybridized carbons (Fsp3) is 1.00. The first kappa shape index (κ1) is 13.0. The Morgan fingerprint density at radius 3 is 1.60 bits per heavy atom. The van der Waals surface area contributed by atoms with Gasteiger partial charge in [0.25, 0.3) is 0 Å². The predicted octanol–water partition coefficient (Wildman–Crippen LogP) is 1.99. The van der Waals surface area contributed by atoms with Gasteiger partial charge in [-0.2, -0.15) is 0 Å². The van der Waals surface area contributed by atoms with Gasteiger partial charge < -0.3 is 15.0 Å². The van der Waals surface area contributed by atoms with Crippen LogP contribution in [0.3, 0.4) is 0 Å². The molecule has 0 radical (unpaired) electrons. The molecule has 1 rings (SSSR count). The molecule has 0 aromatic heterocycles. The van der Waals surface area contributed by atoms with E-state index in [0.717, 1.165) is 0 Å². The van der Waals surface area contributed by atoms with Crippen molar-refractivity contribution in [2.75, 3.05) is 0 Å². The van der Waals surface area contributed by atoms with E-state index in [-0.39, 0.29) is 29.7 Å². The van der Waals surface area contributed by atoms with Crippen LogP contribution in [0.25, 0.3) is 0 Å². The molecule has 1 aliphatic heterocycles. The molecular weight excluding hydrogens is 189 g/mol. The highest BCUT2D eigenvalue weighted by Gasteiger charge is 2.54. The second-order valence-corrected chi connectivity index (χ2v) is 6.52. The van der Waals surface area contributed by atoms with Crippen molar-refractivity contribution in [2.45, 2.75) is 65.6 Å². The van der Waals surface area contributed by atoms with E-state index in [1.807, 2.05) is 27.7 Å². The van der Waals surface area contributed by atoms with Gasteiger partial charge in [0, 0.05) is 5.94 Å². The minimum Gasteiger partial charge on any atom is -0.402 e. The third-order valence-electron chi connectivity index (χ3n) is 3.56. The van der Waals surface area contributed by atoms with E-state index >= 15 is 0 Å². The highest BCUT2D eigenvalue weighted by atomic mass is 16.7. The smallest absolute Gasteiger partial charge is 0.402 e. The van der Waals surface area contributed by atoms with Crippen molar-refractivity contribution in [3.05, 3.63) is 0 Å². The maximum atomic E-state index is 6.15. The normalized spacial score (nSPS) is 26.8. The van der Waals surface area contributed by atoms with Gasteiger partial charge in [0.15, 0.2) is 0 Å². The Morgan fingerprint density at radius 1 is 1.00 bits per heavy atom. The average Bonchev–Trinajstić information content (AvgIpc) is 2.18. The molecule has 1 fully saturated rings. The van der Waals surface area contributed by atoms with Crippen LogP contribution >= 0.6 is 0 Å². The third kappa shape index (κ3) is 2.37. The first-order valence-electron chi connectivity index (χ1n) is 5.58. The van der Waals surface area contributed by atoms with Crippen molar-refractivity contribution in [2.24, 2.45) is 11.1 Å². The second-order valence-electron chi connectivity index (χ2n) is 6.52. The van der Waals surface area contributed by atoms with Gasteiger partial charge in [0.1, 0.15) is 0 Å². The summed E-state index contributed by atoms with van der Waals surface area (Å²) >= 11 is 0. The largest absolute Gasteiger partial charge is 0.476 e. The molecule has 1 atom stereocenters. The molecule has 0 unspecified atom stereocenters. The van der Waals surface area contributed by atoms with Gasteiger partial charge in [-0.15, -0.1) is 0 Å². The molecule has 1 heterocycles. The maximum absolute atomic E-state index is 6.15. The molecule has 2 N–H and O–H groups in total. The van der Waals surface area contributed by atoms with Crippen LogP contribution in [0.2, 0.25) is 0 Å². The third-order valence-corrected chi connectivity index (χ3v) is 3.56. The van der Waals surface area contributed by atoms with Crippen molar-refractivity contribution in [3.8, 4) is 0 Å². The molecule has 0 aromatic carbocycles. The molecular formula is C11H24BNO2. The summed E-state index contributed by atoms with van der Waals surface area (Å²) in [6, 6.07) is 0. The molecule has 0 aromatic rings. The molecule has 15 heavy (non-hydrogen) atoms. The van der Waals surface area contributed by atoms with E-state index in [2.05, 4.69) is 20.8 Å². The molecule has 3 nitrogen and oxygen atoms in total. The van der Waals surface area contributed by atoms with Crippen LogP contribution in [-0.4, -0.2) is 24.3 Å². The van der Waals surface area contributed by atoms with Crippen LogP contribution in [0, 0.1) is 5.41 Å². The Hall–Kier alpha value is -0.0551. The van der Waals surface area contributed by atoms with E-state index in [9.17, 15) is 0 Å². The molecule has 0 spiro atoms. The van der Waals surface area contributed by atoms with Gasteiger partial charge in [0.2, 0.25) is 0 Å². The summed E-state index contributed by atoms with van der Waals surface area (Å²) in [6.07, 6.45) is 0. The van der Waals surface area contributed by atoms with E-state index in [1.165, 1.54) is 0 Å². The summed E-state index contributed by atoms with van der Waals surface area (Å²) < 4.78 is 11.8. The van der Waals surface area contributed by atoms with Crippen LogP contribution in [0.1, 0.15) is 48.5 Å². The van der Waals surface area contributed by atoms with Gasteiger partial charge in [-0.05, 0) is 33.1 Å². The molecule has 0 aliphatic carbocycles. The Labute approximate surface area is 93.8 Å². The number of hydrogen-bond acceptors (Lipinski definition) is 3. The number of hydrogen-bond donors (Lipinski definition) is 1. The van der Waals surface area contributed by atoms with Crippen LogP contribution in [0.5, 0.6) is 0 Å². The molecule has 0 bridgehead atoms. The molecule has 1 saturated heterocycles. The van der Waals surface area contributed by atoms with Crippen LogP contribution in [0.4, 0.5) is 0 Å². The molecule has 1 aliphatic rings. The zero-order valence-electron chi connectivity index (χ0n) is 11.0. The Morgan fingerprint density at radius 2 is 1.33 bits per heavy atom. The zero-order chi connectivity index (χ0) is 12.1. The fourth-order valence-electron chi connectivity index (χ4n) is 1.44. The lowest BCUT2D eigenvalue weighted by atomic mass is 9.65. The van der Waals surface area contributed by atoms with Crippen LogP contribution in [0.15, 0.2) is 0 Å². The van der Waals surface area contributed by atoms with Gasteiger partial charge in [-0.1, -0.05) is 20.8 Å². The summed E-state index contributed by atoms with van der Waals surface area (Å²) in [5, 5.41) is 0. The lowest BCUT2D eigenvalue weighted by Crippen LogP contribution is -2.50. The summed E-state index contributed by atoms with van der Waals surface area (Å²) in [4.78, 5) is 0. The van der Waals surface area contributed by atoms with Crippen molar-refractivity contribution in [1.29, 1.82) is 0 Å². The van der Waals surface area contributed by atoms with Crippen molar-refractivity contribution in [3.63, 3.8) is 0 Å². The summed E-state index contributed by atoms with van der Waals surface area (Å²) in [6.45, 7) is 14.5. The van der Waals surface area contributed by atoms with E-state index in [0.29, 0.717) is 0 Å². The Balaban J connectivity index is 2.80. The molecule has 88 valence electrons. The van der Waals surface area contributed by atoms with E-state index in [4.69, 9.17) is 15.0 Å². The lowest BCUT2D eigenvalue weighted by molar-refractivity contribution is 0.00578. The first-order valence-corrected chi connectivity index (χ1v) is 5.58. The second kappa shape index (κ2) is 3.47. The van der Waals surface area contributed by atoms with Gasteiger partial charge in [-0.3, -0.25) is 0 Å². The van der Waals surface area contributed by atoms with Crippen molar-refractivity contribution < 1.29 is 9.31 Å². The first-order chi connectivity index (χ1) is 6.47. The SMILES string of the molecule is CC(C)(C)[C@H](N)B1OC(C)(C)C(C)(C)O1. The topological polar surface area (TPSA) is 44.5 Å². The van der Waals surface area contributed by atoms with Gasteiger partial charge >= 0.3 is 7.12 Å². The van der Waals surface area contributed by atoms with Crippen LogP contribution < -0.4 is 5.73 Å². The minimum absolute atomic E-state index is 0.0127. The Bertz CT molecular complexity index is 229. The highest BCUT2D eigenvalue weighted by molar-refractivity contribution is 6.47. The Kier molecular flexibility index (Phi) is 3.01. The monoisotopic (exact) mass is 213 g/mol.